The number of rotatable bonds is 11. The van der Waals surface area contributed by atoms with Crippen LogP contribution in [0.15, 0.2) is 48.5 Å². The first-order chi connectivity index (χ1) is 15.5. The number of alkyl carbamates (subject to hydrolysis) is 1. The van der Waals surface area contributed by atoms with Crippen LogP contribution < -0.4 is 10.6 Å². The maximum absolute atomic E-state index is 12.4. The summed E-state index contributed by atoms with van der Waals surface area (Å²) in [5.41, 5.74) is 4.59. The molecule has 0 aliphatic heterocycles. The van der Waals surface area contributed by atoms with Crippen molar-refractivity contribution in [2.75, 3.05) is 26.4 Å². The molecule has 3 rings (SSSR count). The van der Waals surface area contributed by atoms with Gasteiger partial charge in [-0.05, 0) is 28.7 Å². The largest absolute Gasteiger partial charge is 0.480 e. The van der Waals surface area contributed by atoms with Crippen LogP contribution in [0.3, 0.4) is 0 Å². The van der Waals surface area contributed by atoms with Crippen molar-refractivity contribution in [1.29, 1.82) is 0 Å². The van der Waals surface area contributed by atoms with Crippen molar-refractivity contribution in [3.8, 4) is 11.1 Å². The molecule has 8 nitrogen and oxygen atoms in total. The van der Waals surface area contributed by atoms with E-state index in [0.717, 1.165) is 22.3 Å². The molecule has 1 aliphatic rings. The van der Waals surface area contributed by atoms with E-state index in [-0.39, 0.29) is 44.0 Å². The summed E-state index contributed by atoms with van der Waals surface area (Å²) in [6.07, 6.45) is 0.101. The fourth-order valence-corrected chi connectivity index (χ4v) is 3.82. The van der Waals surface area contributed by atoms with Gasteiger partial charge in [-0.15, -0.1) is 0 Å². The van der Waals surface area contributed by atoms with Gasteiger partial charge in [0.05, 0.1) is 6.61 Å². The van der Waals surface area contributed by atoms with Gasteiger partial charge in [-0.1, -0.05) is 55.5 Å². The second kappa shape index (κ2) is 11.3. The topological polar surface area (TPSA) is 114 Å². The zero-order valence-corrected chi connectivity index (χ0v) is 18.0. The van der Waals surface area contributed by atoms with E-state index in [1.54, 1.807) is 0 Å². The predicted octanol–water partition coefficient (Wildman–Crippen LogP) is 2.91. The van der Waals surface area contributed by atoms with E-state index in [9.17, 15) is 14.4 Å². The van der Waals surface area contributed by atoms with E-state index in [1.807, 2.05) is 31.2 Å². The summed E-state index contributed by atoms with van der Waals surface area (Å²) in [5.74, 6) is -1.34. The van der Waals surface area contributed by atoms with E-state index in [1.165, 1.54) is 0 Å². The minimum atomic E-state index is -1.06. The van der Waals surface area contributed by atoms with E-state index in [0.29, 0.717) is 6.42 Å². The number of benzene rings is 2. The molecule has 2 aromatic carbocycles. The quantitative estimate of drug-likeness (QED) is 0.463. The van der Waals surface area contributed by atoms with Crippen LogP contribution in [0.4, 0.5) is 4.79 Å². The van der Waals surface area contributed by atoms with Crippen molar-refractivity contribution in [2.24, 2.45) is 0 Å². The molecule has 32 heavy (non-hydrogen) atoms. The van der Waals surface area contributed by atoms with Crippen LogP contribution in [-0.2, 0) is 19.1 Å². The standard InChI is InChI=1S/C24H28N2O6/c1-2-16(13-22(27)25-11-12-31-15-23(28)29)26-24(30)32-14-21-19-9-5-3-7-17(19)18-8-4-6-10-20(18)21/h3-10,16,21H,2,11-15H2,1H3,(H,25,27)(H,26,30)(H,28,29)/t16-/m1/s1. The third kappa shape index (κ3) is 6.07. The minimum Gasteiger partial charge on any atom is -0.480 e. The van der Waals surface area contributed by atoms with Crippen LogP contribution in [0.1, 0.15) is 36.8 Å². The Morgan fingerprint density at radius 1 is 1.03 bits per heavy atom. The number of carboxylic acid groups (broad SMARTS) is 1. The Labute approximate surface area is 186 Å². The van der Waals surface area contributed by atoms with Gasteiger partial charge >= 0.3 is 12.1 Å². The van der Waals surface area contributed by atoms with Gasteiger partial charge < -0.3 is 25.2 Å². The molecule has 0 bridgehead atoms. The zero-order chi connectivity index (χ0) is 22.9. The number of hydrogen-bond acceptors (Lipinski definition) is 5. The molecule has 2 amide bonds. The van der Waals surface area contributed by atoms with Gasteiger partial charge in [-0.3, -0.25) is 4.79 Å². The van der Waals surface area contributed by atoms with Crippen LogP contribution in [0.25, 0.3) is 11.1 Å². The average Bonchev–Trinajstić information content (AvgIpc) is 3.10. The predicted molar refractivity (Wildman–Crippen MR) is 118 cm³/mol. The Balaban J connectivity index is 1.47. The van der Waals surface area contributed by atoms with Crippen molar-refractivity contribution in [3.63, 3.8) is 0 Å². The number of carboxylic acids is 1. The molecule has 0 heterocycles. The maximum Gasteiger partial charge on any atom is 0.407 e. The molecule has 2 aromatic rings. The van der Waals surface area contributed by atoms with Gasteiger partial charge in [0.2, 0.25) is 5.91 Å². The van der Waals surface area contributed by atoms with Gasteiger partial charge in [0.1, 0.15) is 13.2 Å². The molecular formula is C24H28N2O6. The molecular weight excluding hydrogens is 412 g/mol. The molecule has 1 atom stereocenters. The molecule has 3 N–H and O–H groups in total. The highest BCUT2D eigenvalue weighted by Crippen LogP contribution is 2.44. The lowest BCUT2D eigenvalue weighted by molar-refractivity contribution is -0.142. The van der Waals surface area contributed by atoms with Crippen molar-refractivity contribution in [2.45, 2.75) is 31.7 Å². The average molecular weight is 440 g/mol. The molecule has 0 aromatic heterocycles. The third-order valence-electron chi connectivity index (χ3n) is 5.38. The highest BCUT2D eigenvalue weighted by molar-refractivity contribution is 5.79. The van der Waals surface area contributed by atoms with E-state index in [2.05, 4.69) is 34.9 Å². The third-order valence-corrected chi connectivity index (χ3v) is 5.38. The summed E-state index contributed by atoms with van der Waals surface area (Å²) >= 11 is 0. The monoisotopic (exact) mass is 440 g/mol. The summed E-state index contributed by atoms with van der Waals surface area (Å²) < 4.78 is 10.4. The first-order valence-corrected chi connectivity index (χ1v) is 10.7. The number of amides is 2. The Morgan fingerprint density at radius 3 is 2.25 bits per heavy atom. The number of carbonyl (C=O) groups excluding carboxylic acids is 2. The van der Waals surface area contributed by atoms with Crippen molar-refractivity contribution < 1.29 is 29.0 Å². The Bertz CT molecular complexity index is 916. The molecule has 170 valence electrons. The van der Waals surface area contributed by atoms with Gasteiger partial charge in [0, 0.05) is 24.9 Å². The van der Waals surface area contributed by atoms with Crippen LogP contribution in [0, 0.1) is 0 Å². The van der Waals surface area contributed by atoms with E-state index < -0.39 is 18.7 Å². The normalized spacial score (nSPS) is 13.0. The summed E-state index contributed by atoms with van der Waals surface area (Å²) in [6.45, 7) is 1.99. The number of carbonyl (C=O) groups is 3. The number of fused-ring (bicyclic) bond motifs is 3. The molecule has 0 fully saturated rings. The maximum atomic E-state index is 12.4. The highest BCUT2D eigenvalue weighted by atomic mass is 16.5. The highest BCUT2D eigenvalue weighted by Gasteiger charge is 2.29. The van der Waals surface area contributed by atoms with Crippen LogP contribution in [-0.4, -0.2) is 55.5 Å². The lowest BCUT2D eigenvalue weighted by Crippen LogP contribution is -2.40. The molecule has 0 spiro atoms. The SMILES string of the molecule is CC[C@H](CC(=O)NCCOCC(=O)O)NC(=O)OCC1c2ccccc2-c2ccccc21. The van der Waals surface area contributed by atoms with Gasteiger partial charge in [0.25, 0.3) is 0 Å². The lowest BCUT2D eigenvalue weighted by atomic mass is 9.98. The molecule has 0 unspecified atom stereocenters. The first-order valence-electron chi connectivity index (χ1n) is 10.7. The van der Waals surface area contributed by atoms with Crippen molar-refractivity contribution >= 4 is 18.0 Å². The van der Waals surface area contributed by atoms with Gasteiger partial charge in [0.15, 0.2) is 0 Å². The Kier molecular flexibility index (Phi) is 8.21. The number of ether oxygens (including phenoxy) is 2. The second-order valence-electron chi connectivity index (χ2n) is 7.58. The van der Waals surface area contributed by atoms with Gasteiger partial charge in [-0.25, -0.2) is 9.59 Å². The first kappa shape index (κ1) is 23.3. The Morgan fingerprint density at radius 2 is 1.66 bits per heavy atom. The lowest BCUT2D eigenvalue weighted by Gasteiger charge is -2.18. The molecule has 0 saturated heterocycles. The van der Waals surface area contributed by atoms with Crippen LogP contribution in [0.2, 0.25) is 0 Å². The minimum absolute atomic E-state index is 0.0256. The van der Waals surface area contributed by atoms with Crippen LogP contribution >= 0.6 is 0 Å². The fraction of sp³-hybridized carbons (Fsp3) is 0.375. The molecule has 0 radical (unpaired) electrons. The van der Waals surface area contributed by atoms with E-state index in [4.69, 9.17) is 14.6 Å². The second-order valence-corrected chi connectivity index (χ2v) is 7.58. The molecule has 1 aliphatic carbocycles. The number of aliphatic carboxylic acids is 1. The molecule has 0 saturated carbocycles. The smallest absolute Gasteiger partial charge is 0.407 e. The number of hydrogen-bond donors (Lipinski definition) is 3. The van der Waals surface area contributed by atoms with E-state index >= 15 is 0 Å². The molecule has 8 heteroatoms. The summed E-state index contributed by atoms with van der Waals surface area (Å²) in [6, 6.07) is 15.9. The van der Waals surface area contributed by atoms with Crippen molar-refractivity contribution in [3.05, 3.63) is 59.7 Å². The summed E-state index contributed by atoms with van der Waals surface area (Å²) in [4.78, 5) is 34.8. The van der Waals surface area contributed by atoms with Crippen LogP contribution in [0.5, 0.6) is 0 Å². The Hall–Kier alpha value is -3.39. The summed E-state index contributed by atoms with van der Waals surface area (Å²) in [7, 11) is 0. The summed E-state index contributed by atoms with van der Waals surface area (Å²) in [5, 5.41) is 13.9. The van der Waals surface area contributed by atoms with Gasteiger partial charge in [-0.2, -0.15) is 0 Å². The number of nitrogens with one attached hydrogen (secondary N) is 2. The van der Waals surface area contributed by atoms with Crippen molar-refractivity contribution in [1.82, 2.24) is 10.6 Å². The zero-order valence-electron chi connectivity index (χ0n) is 18.0. The fourth-order valence-electron chi connectivity index (χ4n) is 3.82.